The van der Waals surface area contributed by atoms with Crippen LogP contribution in [-0.2, 0) is 21.2 Å². The molecule has 1 aromatic rings. The predicted octanol–water partition coefficient (Wildman–Crippen LogP) is 2.12. The molecule has 0 bridgehead atoms. The van der Waals surface area contributed by atoms with E-state index < -0.39 is 21.9 Å². The van der Waals surface area contributed by atoms with Gasteiger partial charge in [0.2, 0.25) is 10.0 Å². The lowest BCUT2D eigenvalue weighted by Gasteiger charge is -2.35. The van der Waals surface area contributed by atoms with E-state index in [2.05, 4.69) is 0 Å². The molecule has 21 heavy (non-hydrogen) atoms. The van der Waals surface area contributed by atoms with Crippen LogP contribution in [0.3, 0.4) is 0 Å². The van der Waals surface area contributed by atoms with Crippen molar-refractivity contribution in [2.24, 2.45) is 5.92 Å². The van der Waals surface area contributed by atoms with Crippen LogP contribution in [0.5, 0.6) is 0 Å². The number of piperidine rings is 1. The zero-order valence-corrected chi connectivity index (χ0v) is 13.1. The zero-order valence-electron chi connectivity index (χ0n) is 12.3. The molecule has 0 spiro atoms. The molecule has 1 saturated heterocycles. The van der Waals surface area contributed by atoms with Crippen LogP contribution >= 0.6 is 0 Å². The standard InChI is InChI=1S/C15H21NO4S/c1-3-12-6-4-5-7-14(12)21(19,20)16-10-13(15(17)18)9-8-11(16)2/h4-7,11,13H,3,8-10H2,1-2H3,(H,17,18). The van der Waals surface area contributed by atoms with Crippen LogP contribution in [0, 0.1) is 5.92 Å². The van der Waals surface area contributed by atoms with E-state index in [9.17, 15) is 13.2 Å². The summed E-state index contributed by atoms with van der Waals surface area (Å²) in [4.78, 5) is 11.5. The molecule has 2 atom stereocenters. The zero-order chi connectivity index (χ0) is 15.6. The van der Waals surface area contributed by atoms with E-state index in [-0.39, 0.29) is 12.6 Å². The molecule has 6 heteroatoms. The summed E-state index contributed by atoms with van der Waals surface area (Å²) in [6.45, 7) is 3.80. The Bertz CT molecular complexity index is 626. The molecule has 2 rings (SSSR count). The maximum atomic E-state index is 12.9. The van der Waals surface area contributed by atoms with Crippen molar-refractivity contribution in [1.29, 1.82) is 0 Å². The first-order valence-electron chi connectivity index (χ1n) is 7.20. The summed E-state index contributed by atoms with van der Waals surface area (Å²) < 4.78 is 27.1. The van der Waals surface area contributed by atoms with E-state index >= 15 is 0 Å². The van der Waals surface area contributed by atoms with Gasteiger partial charge >= 0.3 is 5.97 Å². The molecule has 1 fully saturated rings. The van der Waals surface area contributed by atoms with Crippen LogP contribution in [-0.4, -0.2) is 36.4 Å². The van der Waals surface area contributed by atoms with Gasteiger partial charge in [-0.1, -0.05) is 25.1 Å². The maximum absolute atomic E-state index is 12.9. The number of hydrogen-bond donors (Lipinski definition) is 1. The second-order valence-electron chi connectivity index (χ2n) is 5.50. The number of benzene rings is 1. The van der Waals surface area contributed by atoms with Gasteiger partial charge in [-0.3, -0.25) is 4.79 Å². The molecule has 1 aromatic carbocycles. The molecule has 1 N–H and O–H groups in total. The summed E-state index contributed by atoms with van der Waals surface area (Å²) >= 11 is 0. The number of aliphatic carboxylic acids is 1. The first-order chi connectivity index (χ1) is 9.87. The van der Waals surface area contributed by atoms with Crippen LogP contribution in [0.15, 0.2) is 29.2 Å². The van der Waals surface area contributed by atoms with Gasteiger partial charge in [0.05, 0.1) is 10.8 Å². The van der Waals surface area contributed by atoms with Crippen molar-refractivity contribution in [3.05, 3.63) is 29.8 Å². The number of sulfonamides is 1. The molecule has 116 valence electrons. The lowest BCUT2D eigenvalue weighted by molar-refractivity contribution is -0.143. The van der Waals surface area contributed by atoms with Gasteiger partial charge in [0, 0.05) is 12.6 Å². The van der Waals surface area contributed by atoms with Crippen LogP contribution < -0.4 is 0 Å². The molecule has 0 radical (unpaired) electrons. The number of carboxylic acids is 1. The molecule has 5 nitrogen and oxygen atoms in total. The third-order valence-electron chi connectivity index (χ3n) is 4.11. The van der Waals surface area contributed by atoms with Gasteiger partial charge in [-0.05, 0) is 37.8 Å². The largest absolute Gasteiger partial charge is 0.481 e. The van der Waals surface area contributed by atoms with Gasteiger partial charge in [0.25, 0.3) is 0 Å². The molecular weight excluding hydrogens is 290 g/mol. The number of carboxylic acid groups (broad SMARTS) is 1. The first kappa shape index (κ1) is 16.0. The Hall–Kier alpha value is -1.40. The monoisotopic (exact) mass is 311 g/mol. The van der Waals surface area contributed by atoms with Crippen molar-refractivity contribution < 1.29 is 18.3 Å². The number of rotatable bonds is 4. The van der Waals surface area contributed by atoms with Gasteiger partial charge in [0.1, 0.15) is 0 Å². The van der Waals surface area contributed by atoms with E-state index in [0.717, 1.165) is 5.56 Å². The van der Waals surface area contributed by atoms with Gasteiger partial charge in [-0.25, -0.2) is 8.42 Å². The molecule has 0 amide bonds. The van der Waals surface area contributed by atoms with Gasteiger partial charge < -0.3 is 5.11 Å². The topological polar surface area (TPSA) is 74.7 Å². The fourth-order valence-electron chi connectivity index (χ4n) is 2.79. The van der Waals surface area contributed by atoms with E-state index in [1.165, 1.54) is 4.31 Å². The van der Waals surface area contributed by atoms with Crippen molar-refractivity contribution in [2.45, 2.75) is 44.0 Å². The smallest absolute Gasteiger partial charge is 0.307 e. The minimum Gasteiger partial charge on any atom is -0.481 e. The molecule has 2 unspecified atom stereocenters. The second kappa shape index (κ2) is 6.15. The highest BCUT2D eigenvalue weighted by Gasteiger charge is 2.37. The number of aryl methyl sites for hydroxylation is 1. The summed E-state index contributed by atoms with van der Waals surface area (Å²) in [6, 6.07) is 6.75. The molecule has 1 aliphatic rings. The van der Waals surface area contributed by atoms with Crippen molar-refractivity contribution in [3.8, 4) is 0 Å². The maximum Gasteiger partial charge on any atom is 0.307 e. The summed E-state index contributed by atoms with van der Waals surface area (Å²) in [6.07, 6.45) is 1.72. The van der Waals surface area contributed by atoms with Crippen LogP contribution in [0.4, 0.5) is 0 Å². The van der Waals surface area contributed by atoms with Gasteiger partial charge in [-0.2, -0.15) is 4.31 Å². The third-order valence-corrected chi connectivity index (χ3v) is 6.19. The number of hydrogen-bond acceptors (Lipinski definition) is 3. The average molecular weight is 311 g/mol. The molecule has 0 aliphatic carbocycles. The van der Waals surface area contributed by atoms with Gasteiger partial charge in [-0.15, -0.1) is 0 Å². The van der Waals surface area contributed by atoms with Gasteiger partial charge in [0.15, 0.2) is 0 Å². The number of carbonyl (C=O) groups is 1. The fourth-order valence-corrected chi connectivity index (χ4v) is 4.79. The SMILES string of the molecule is CCc1ccccc1S(=O)(=O)N1CC(C(=O)O)CCC1C. The Morgan fingerprint density at radius 3 is 2.62 bits per heavy atom. The molecule has 0 aromatic heterocycles. The Labute approximate surface area is 125 Å². The van der Waals surface area contributed by atoms with Crippen molar-refractivity contribution in [1.82, 2.24) is 4.31 Å². The highest BCUT2D eigenvalue weighted by Crippen LogP contribution is 2.29. The lowest BCUT2D eigenvalue weighted by atomic mass is 9.96. The number of nitrogens with zero attached hydrogens (tertiary/aromatic N) is 1. The van der Waals surface area contributed by atoms with Crippen LogP contribution in [0.2, 0.25) is 0 Å². The normalized spacial score (nSPS) is 23.9. The highest BCUT2D eigenvalue weighted by atomic mass is 32.2. The minimum atomic E-state index is -3.65. The van der Waals surface area contributed by atoms with Crippen LogP contribution in [0.1, 0.15) is 32.3 Å². The molecule has 0 saturated carbocycles. The Morgan fingerprint density at radius 1 is 1.33 bits per heavy atom. The molecular formula is C15H21NO4S. The summed E-state index contributed by atoms with van der Waals surface area (Å²) in [7, 11) is -3.65. The molecule has 1 aliphatic heterocycles. The average Bonchev–Trinajstić information content (AvgIpc) is 2.47. The van der Waals surface area contributed by atoms with Crippen molar-refractivity contribution >= 4 is 16.0 Å². The van der Waals surface area contributed by atoms with E-state index in [4.69, 9.17) is 5.11 Å². The Kier molecular flexibility index (Phi) is 4.68. The van der Waals surface area contributed by atoms with Crippen molar-refractivity contribution in [3.63, 3.8) is 0 Å². The summed E-state index contributed by atoms with van der Waals surface area (Å²) in [5.74, 6) is -1.55. The minimum absolute atomic E-state index is 0.0525. The Morgan fingerprint density at radius 2 is 2.00 bits per heavy atom. The summed E-state index contributed by atoms with van der Waals surface area (Å²) in [5, 5.41) is 9.16. The second-order valence-corrected chi connectivity index (χ2v) is 7.36. The van der Waals surface area contributed by atoms with E-state index in [1.54, 1.807) is 18.2 Å². The van der Waals surface area contributed by atoms with Crippen LogP contribution in [0.25, 0.3) is 0 Å². The first-order valence-corrected chi connectivity index (χ1v) is 8.64. The molecule has 1 heterocycles. The summed E-state index contributed by atoms with van der Waals surface area (Å²) in [5.41, 5.74) is 0.766. The lowest BCUT2D eigenvalue weighted by Crippen LogP contribution is -2.47. The third kappa shape index (κ3) is 3.11. The van der Waals surface area contributed by atoms with E-state index in [0.29, 0.717) is 24.2 Å². The highest BCUT2D eigenvalue weighted by molar-refractivity contribution is 7.89. The predicted molar refractivity (Wildman–Crippen MR) is 79.5 cm³/mol. The van der Waals surface area contributed by atoms with Crippen molar-refractivity contribution in [2.75, 3.05) is 6.54 Å². The fraction of sp³-hybridized carbons (Fsp3) is 0.533. The Balaban J connectivity index is 2.39. The van der Waals surface area contributed by atoms with E-state index in [1.807, 2.05) is 19.9 Å². The quantitative estimate of drug-likeness (QED) is 0.924.